The summed E-state index contributed by atoms with van der Waals surface area (Å²) in [5.74, 6) is 0.112. The Hall–Kier alpha value is -1.10. The molecule has 0 bridgehead atoms. The van der Waals surface area contributed by atoms with Gasteiger partial charge in [-0.15, -0.1) is 12.4 Å². The Morgan fingerprint density at radius 3 is 3.00 bits per heavy atom. The van der Waals surface area contributed by atoms with Gasteiger partial charge in [0.1, 0.15) is 0 Å². The third kappa shape index (κ3) is 2.82. The van der Waals surface area contributed by atoms with Gasteiger partial charge in [0.25, 0.3) is 5.91 Å². The van der Waals surface area contributed by atoms with Crippen LogP contribution in [-0.4, -0.2) is 43.1 Å². The highest BCUT2D eigenvalue weighted by Gasteiger charge is 2.33. The van der Waals surface area contributed by atoms with Crippen molar-refractivity contribution in [3.63, 3.8) is 0 Å². The van der Waals surface area contributed by atoms with Crippen LogP contribution in [0.3, 0.4) is 0 Å². The topological polar surface area (TPSA) is 41.6 Å². The molecule has 1 aromatic carbocycles. The number of nitrogens with zero attached hydrogens (tertiary/aromatic N) is 1. The van der Waals surface area contributed by atoms with E-state index in [9.17, 15) is 4.79 Å². The van der Waals surface area contributed by atoms with Gasteiger partial charge in [0.15, 0.2) is 6.10 Å². The SMILES string of the molecule is C[C@H]1CNCCN1C(=O)C1OCCc2ccccc21.Cl. The van der Waals surface area contributed by atoms with E-state index in [2.05, 4.69) is 18.3 Å². The van der Waals surface area contributed by atoms with Gasteiger partial charge >= 0.3 is 0 Å². The van der Waals surface area contributed by atoms with Crippen molar-refractivity contribution in [1.29, 1.82) is 0 Å². The number of hydrogen-bond acceptors (Lipinski definition) is 3. The number of carbonyl (C=O) groups excluding carboxylic acids is 1. The van der Waals surface area contributed by atoms with Crippen LogP contribution in [0.1, 0.15) is 24.2 Å². The van der Waals surface area contributed by atoms with E-state index in [0.29, 0.717) is 6.61 Å². The highest BCUT2D eigenvalue weighted by molar-refractivity contribution is 5.85. The van der Waals surface area contributed by atoms with Crippen molar-refractivity contribution >= 4 is 18.3 Å². The first kappa shape index (κ1) is 15.3. The molecule has 20 heavy (non-hydrogen) atoms. The van der Waals surface area contributed by atoms with E-state index in [1.54, 1.807) is 0 Å². The van der Waals surface area contributed by atoms with E-state index in [1.165, 1.54) is 5.56 Å². The number of ether oxygens (including phenoxy) is 1. The third-order valence-electron chi connectivity index (χ3n) is 4.00. The second kappa shape index (κ2) is 6.57. The van der Waals surface area contributed by atoms with Crippen molar-refractivity contribution < 1.29 is 9.53 Å². The fraction of sp³-hybridized carbons (Fsp3) is 0.533. The first-order valence-electron chi connectivity index (χ1n) is 6.98. The molecule has 2 aliphatic rings. The van der Waals surface area contributed by atoms with Crippen LogP contribution in [-0.2, 0) is 16.0 Å². The zero-order chi connectivity index (χ0) is 13.2. The maximum Gasteiger partial charge on any atom is 0.256 e. The Kier molecular flexibility index (Phi) is 5.02. The lowest BCUT2D eigenvalue weighted by Gasteiger charge is -2.37. The summed E-state index contributed by atoms with van der Waals surface area (Å²) in [7, 11) is 0. The summed E-state index contributed by atoms with van der Waals surface area (Å²) in [4.78, 5) is 14.6. The molecule has 1 N–H and O–H groups in total. The number of piperazine rings is 1. The average molecular weight is 297 g/mol. The quantitative estimate of drug-likeness (QED) is 0.855. The monoisotopic (exact) mass is 296 g/mol. The van der Waals surface area contributed by atoms with E-state index in [-0.39, 0.29) is 24.4 Å². The number of hydrogen-bond donors (Lipinski definition) is 1. The van der Waals surface area contributed by atoms with Crippen molar-refractivity contribution in [2.45, 2.75) is 25.5 Å². The molecular weight excluding hydrogens is 276 g/mol. The van der Waals surface area contributed by atoms with Crippen LogP contribution >= 0.6 is 12.4 Å². The summed E-state index contributed by atoms with van der Waals surface area (Å²) in [5.41, 5.74) is 2.29. The molecule has 2 atom stereocenters. The lowest BCUT2D eigenvalue weighted by molar-refractivity contribution is -0.148. The molecule has 0 aliphatic carbocycles. The molecule has 2 heterocycles. The second-order valence-electron chi connectivity index (χ2n) is 5.28. The second-order valence-corrected chi connectivity index (χ2v) is 5.28. The van der Waals surface area contributed by atoms with Crippen LogP contribution in [0.15, 0.2) is 24.3 Å². The molecule has 0 spiro atoms. The van der Waals surface area contributed by atoms with Crippen molar-refractivity contribution in [3.8, 4) is 0 Å². The Bertz CT molecular complexity index is 481. The first-order valence-corrected chi connectivity index (χ1v) is 6.98. The molecule has 1 amide bonds. The fourth-order valence-corrected chi connectivity index (χ4v) is 2.92. The normalized spacial score (nSPS) is 25.6. The molecule has 1 fully saturated rings. The number of amides is 1. The minimum absolute atomic E-state index is 0. The van der Waals surface area contributed by atoms with Gasteiger partial charge in [-0.25, -0.2) is 0 Å². The van der Waals surface area contributed by atoms with Crippen molar-refractivity contribution in [1.82, 2.24) is 10.2 Å². The standard InChI is InChI=1S/C15H20N2O2.ClH/c1-11-10-16-7-8-17(11)15(18)14-13-5-3-2-4-12(13)6-9-19-14;/h2-5,11,14,16H,6-10H2,1H3;1H/t11-,14?;/m0./s1. The number of rotatable bonds is 1. The highest BCUT2D eigenvalue weighted by atomic mass is 35.5. The number of carbonyl (C=O) groups is 1. The van der Waals surface area contributed by atoms with Crippen molar-refractivity contribution in [3.05, 3.63) is 35.4 Å². The third-order valence-corrected chi connectivity index (χ3v) is 4.00. The van der Waals surface area contributed by atoms with Gasteiger partial charge in [-0.2, -0.15) is 0 Å². The predicted octanol–water partition coefficient (Wildman–Crippen LogP) is 1.54. The Balaban J connectivity index is 0.00000147. The minimum Gasteiger partial charge on any atom is -0.363 e. The van der Waals surface area contributed by atoms with E-state index >= 15 is 0 Å². The number of halogens is 1. The van der Waals surface area contributed by atoms with E-state index < -0.39 is 6.10 Å². The average Bonchev–Trinajstić information content (AvgIpc) is 2.46. The largest absolute Gasteiger partial charge is 0.363 e. The van der Waals surface area contributed by atoms with Gasteiger partial charge in [-0.1, -0.05) is 24.3 Å². The van der Waals surface area contributed by atoms with Crippen molar-refractivity contribution in [2.75, 3.05) is 26.2 Å². The van der Waals surface area contributed by atoms with E-state index in [1.807, 2.05) is 23.1 Å². The molecule has 0 radical (unpaired) electrons. The molecule has 0 saturated carbocycles. The molecule has 3 rings (SSSR count). The van der Waals surface area contributed by atoms with E-state index in [4.69, 9.17) is 4.74 Å². The molecule has 1 unspecified atom stereocenters. The molecular formula is C15H21ClN2O2. The lowest BCUT2D eigenvalue weighted by Crippen LogP contribution is -2.54. The number of nitrogens with one attached hydrogen (secondary N) is 1. The molecule has 0 aromatic heterocycles. The lowest BCUT2D eigenvalue weighted by atomic mass is 9.96. The summed E-state index contributed by atoms with van der Waals surface area (Å²) in [5, 5.41) is 3.31. The smallest absolute Gasteiger partial charge is 0.256 e. The zero-order valence-electron chi connectivity index (χ0n) is 11.7. The molecule has 2 aliphatic heterocycles. The van der Waals surface area contributed by atoms with Crippen LogP contribution < -0.4 is 5.32 Å². The van der Waals surface area contributed by atoms with Gasteiger partial charge in [-0.3, -0.25) is 4.79 Å². The Morgan fingerprint density at radius 2 is 2.20 bits per heavy atom. The van der Waals surface area contributed by atoms with Crippen LogP contribution in [0.25, 0.3) is 0 Å². The highest BCUT2D eigenvalue weighted by Crippen LogP contribution is 2.29. The number of fused-ring (bicyclic) bond motifs is 1. The van der Waals surface area contributed by atoms with Gasteiger partial charge < -0.3 is 15.0 Å². The van der Waals surface area contributed by atoms with Gasteiger partial charge in [0, 0.05) is 25.7 Å². The fourth-order valence-electron chi connectivity index (χ4n) is 2.92. The maximum atomic E-state index is 12.7. The summed E-state index contributed by atoms with van der Waals surface area (Å²) >= 11 is 0. The van der Waals surface area contributed by atoms with Crippen LogP contribution in [0.4, 0.5) is 0 Å². The summed E-state index contributed by atoms with van der Waals surface area (Å²) in [6.07, 6.45) is 0.488. The molecule has 110 valence electrons. The summed E-state index contributed by atoms with van der Waals surface area (Å²) in [6, 6.07) is 8.36. The molecule has 4 nitrogen and oxygen atoms in total. The Morgan fingerprint density at radius 1 is 1.40 bits per heavy atom. The zero-order valence-corrected chi connectivity index (χ0v) is 12.5. The first-order chi connectivity index (χ1) is 9.27. The molecule has 1 saturated heterocycles. The summed E-state index contributed by atoms with van der Waals surface area (Å²) in [6.45, 7) is 5.21. The maximum absolute atomic E-state index is 12.7. The Labute approximate surface area is 125 Å². The molecule has 5 heteroatoms. The van der Waals surface area contributed by atoms with Gasteiger partial charge in [-0.05, 0) is 24.5 Å². The van der Waals surface area contributed by atoms with Crippen LogP contribution in [0, 0.1) is 0 Å². The molecule has 1 aromatic rings. The number of benzene rings is 1. The van der Waals surface area contributed by atoms with Gasteiger partial charge in [0.2, 0.25) is 0 Å². The minimum atomic E-state index is -0.412. The summed E-state index contributed by atoms with van der Waals surface area (Å²) < 4.78 is 5.76. The van der Waals surface area contributed by atoms with Crippen molar-refractivity contribution in [2.24, 2.45) is 0 Å². The van der Waals surface area contributed by atoms with Gasteiger partial charge in [0.05, 0.1) is 6.61 Å². The van der Waals surface area contributed by atoms with Crippen LogP contribution in [0.2, 0.25) is 0 Å². The predicted molar refractivity (Wildman–Crippen MR) is 80.1 cm³/mol. The van der Waals surface area contributed by atoms with E-state index in [0.717, 1.165) is 31.6 Å². The van der Waals surface area contributed by atoms with Crippen LogP contribution in [0.5, 0.6) is 0 Å².